The van der Waals surface area contributed by atoms with Crippen molar-refractivity contribution in [1.29, 1.82) is 0 Å². The van der Waals surface area contributed by atoms with Gasteiger partial charge in [-0.05, 0) is 25.5 Å². The van der Waals surface area contributed by atoms with Gasteiger partial charge in [0.25, 0.3) is 0 Å². The van der Waals surface area contributed by atoms with Gasteiger partial charge < -0.3 is 15.2 Å². The number of carbonyl (C=O) groups excluding carboxylic acids is 1. The van der Waals surface area contributed by atoms with Crippen molar-refractivity contribution in [3.05, 3.63) is 29.8 Å². The molecule has 1 unspecified atom stereocenters. The van der Waals surface area contributed by atoms with E-state index in [0.717, 1.165) is 12.1 Å². The van der Waals surface area contributed by atoms with Gasteiger partial charge in [0.2, 0.25) is 5.91 Å². The van der Waals surface area contributed by atoms with E-state index < -0.39 is 23.6 Å². The minimum Gasteiger partial charge on any atom is -0.491 e. The lowest BCUT2D eigenvalue weighted by Gasteiger charge is -2.11. The smallest absolute Gasteiger partial charge is 0.305 e. The molecule has 1 aromatic carbocycles. The normalized spacial score (nSPS) is 11.8. The molecule has 0 heterocycles. The Morgan fingerprint density at radius 3 is 2.71 bits per heavy atom. The fourth-order valence-electron chi connectivity index (χ4n) is 1.67. The van der Waals surface area contributed by atoms with E-state index in [4.69, 9.17) is 9.84 Å². The van der Waals surface area contributed by atoms with Crippen LogP contribution in [0.15, 0.2) is 18.2 Å². The van der Waals surface area contributed by atoms with Crippen LogP contribution in [0.1, 0.15) is 26.2 Å². The first-order valence-electron chi connectivity index (χ1n) is 6.47. The van der Waals surface area contributed by atoms with Crippen LogP contribution in [0.4, 0.5) is 8.78 Å². The number of halogens is 2. The summed E-state index contributed by atoms with van der Waals surface area (Å²) in [6, 6.07) is 2.53. The molecule has 0 aromatic heterocycles. The molecule has 7 heteroatoms. The fraction of sp³-hybridized carbons (Fsp3) is 0.429. The Morgan fingerprint density at radius 2 is 2.10 bits per heavy atom. The molecule has 1 atom stereocenters. The first-order chi connectivity index (χ1) is 9.88. The average Bonchev–Trinajstić information content (AvgIpc) is 2.35. The summed E-state index contributed by atoms with van der Waals surface area (Å²) in [5, 5.41) is 11.1. The highest BCUT2D eigenvalue weighted by molar-refractivity contribution is 5.77. The number of carboxylic acids is 1. The molecule has 0 saturated heterocycles. The summed E-state index contributed by atoms with van der Waals surface area (Å²) < 4.78 is 31.0. The molecule has 0 fully saturated rings. The number of carboxylic acid groups (broad SMARTS) is 1. The number of aliphatic carboxylic acids is 1. The number of hydrogen-bond donors (Lipinski definition) is 2. The molecule has 0 aliphatic carbocycles. The molecule has 1 amide bonds. The minimum atomic E-state index is -0.988. The van der Waals surface area contributed by atoms with Gasteiger partial charge in [-0.15, -0.1) is 0 Å². The van der Waals surface area contributed by atoms with Crippen LogP contribution in [-0.2, 0) is 9.59 Å². The highest BCUT2D eigenvalue weighted by atomic mass is 19.1. The monoisotopic (exact) mass is 301 g/mol. The Bertz CT molecular complexity index is 508. The molecular weight excluding hydrogens is 284 g/mol. The quantitative estimate of drug-likeness (QED) is 0.721. The molecule has 5 nitrogen and oxygen atoms in total. The summed E-state index contributed by atoms with van der Waals surface area (Å²) in [6.45, 7) is 1.69. The fourth-order valence-corrected chi connectivity index (χ4v) is 1.67. The molecule has 116 valence electrons. The molecule has 0 radical (unpaired) electrons. The van der Waals surface area contributed by atoms with E-state index in [1.54, 1.807) is 6.92 Å². The van der Waals surface area contributed by atoms with Gasteiger partial charge in [0.05, 0.1) is 13.0 Å². The van der Waals surface area contributed by atoms with Crippen molar-refractivity contribution >= 4 is 11.9 Å². The van der Waals surface area contributed by atoms with Crippen LogP contribution >= 0.6 is 0 Å². The van der Waals surface area contributed by atoms with Crippen LogP contribution < -0.4 is 10.1 Å². The summed E-state index contributed by atoms with van der Waals surface area (Å²) >= 11 is 0. The lowest BCUT2D eigenvalue weighted by Crippen LogP contribution is -2.34. The Kier molecular flexibility index (Phi) is 6.58. The van der Waals surface area contributed by atoms with Gasteiger partial charge in [0.15, 0.2) is 11.6 Å². The summed E-state index contributed by atoms with van der Waals surface area (Å²) in [7, 11) is 0. The maximum absolute atomic E-state index is 13.2. The second-order valence-electron chi connectivity index (χ2n) is 4.59. The number of ether oxygens (including phenoxy) is 1. The summed E-state index contributed by atoms with van der Waals surface area (Å²) in [6.07, 6.45) is 0.318. The Hall–Kier alpha value is -2.18. The predicted octanol–water partition coefficient (Wildman–Crippen LogP) is 2.10. The van der Waals surface area contributed by atoms with Crippen molar-refractivity contribution < 1.29 is 28.2 Å². The van der Waals surface area contributed by atoms with Crippen LogP contribution in [0.5, 0.6) is 5.75 Å². The molecule has 0 spiro atoms. The van der Waals surface area contributed by atoms with Gasteiger partial charge in [-0.1, -0.05) is 0 Å². The van der Waals surface area contributed by atoms with Gasteiger partial charge >= 0.3 is 5.97 Å². The lowest BCUT2D eigenvalue weighted by molar-refractivity contribution is -0.137. The van der Waals surface area contributed by atoms with E-state index in [9.17, 15) is 18.4 Å². The van der Waals surface area contributed by atoms with Crippen molar-refractivity contribution in [3.63, 3.8) is 0 Å². The van der Waals surface area contributed by atoms with Crippen molar-refractivity contribution in [2.45, 2.75) is 32.2 Å². The van der Waals surface area contributed by atoms with E-state index >= 15 is 0 Å². The topological polar surface area (TPSA) is 75.6 Å². The molecule has 21 heavy (non-hydrogen) atoms. The summed E-state index contributed by atoms with van der Waals surface area (Å²) in [5.41, 5.74) is 0. The Labute approximate surface area is 120 Å². The first-order valence-corrected chi connectivity index (χ1v) is 6.47. The summed E-state index contributed by atoms with van der Waals surface area (Å²) in [5.74, 6) is -2.85. The molecule has 0 aliphatic heterocycles. The second kappa shape index (κ2) is 8.18. The molecule has 0 saturated carbocycles. The average molecular weight is 301 g/mol. The van der Waals surface area contributed by atoms with E-state index in [0.29, 0.717) is 6.42 Å². The van der Waals surface area contributed by atoms with Gasteiger partial charge in [-0.2, -0.15) is 0 Å². The number of benzene rings is 1. The largest absolute Gasteiger partial charge is 0.491 e. The number of amides is 1. The zero-order valence-corrected chi connectivity index (χ0v) is 11.6. The predicted molar refractivity (Wildman–Crippen MR) is 70.9 cm³/mol. The van der Waals surface area contributed by atoms with Gasteiger partial charge in [0.1, 0.15) is 5.82 Å². The molecule has 2 N–H and O–H groups in total. The Morgan fingerprint density at radius 1 is 1.38 bits per heavy atom. The third-order valence-corrected chi connectivity index (χ3v) is 2.59. The standard InChI is InChI=1S/C14H17F2NO4/c1-9(7-14(19)20)17-13(18)3-2-6-21-12-5-4-10(15)8-11(12)16/h4-5,8-9H,2-3,6-7H2,1H3,(H,17,18)(H,19,20). The highest BCUT2D eigenvalue weighted by Gasteiger charge is 2.11. The molecule has 0 bridgehead atoms. The minimum absolute atomic E-state index is 0.0731. The highest BCUT2D eigenvalue weighted by Crippen LogP contribution is 2.17. The number of nitrogens with one attached hydrogen (secondary N) is 1. The van der Waals surface area contributed by atoms with Crippen LogP contribution in [0.3, 0.4) is 0 Å². The number of hydrogen-bond acceptors (Lipinski definition) is 3. The zero-order valence-electron chi connectivity index (χ0n) is 11.6. The van der Waals surface area contributed by atoms with Crippen molar-refractivity contribution in [1.82, 2.24) is 5.32 Å². The van der Waals surface area contributed by atoms with Gasteiger partial charge in [-0.3, -0.25) is 9.59 Å². The first kappa shape index (κ1) is 16.9. The lowest BCUT2D eigenvalue weighted by atomic mass is 10.2. The summed E-state index contributed by atoms with van der Waals surface area (Å²) in [4.78, 5) is 21.9. The van der Waals surface area contributed by atoms with Crippen LogP contribution in [0, 0.1) is 11.6 Å². The van der Waals surface area contributed by atoms with E-state index in [1.165, 1.54) is 6.07 Å². The SMILES string of the molecule is CC(CC(=O)O)NC(=O)CCCOc1ccc(F)cc1F. The number of carbonyl (C=O) groups is 2. The van der Waals surface area contributed by atoms with Crippen LogP contribution in [-0.4, -0.2) is 29.6 Å². The van der Waals surface area contributed by atoms with Gasteiger partial charge in [-0.25, -0.2) is 8.78 Å². The molecule has 1 aromatic rings. The molecule has 1 rings (SSSR count). The number of rotatable bonds is 8. The van der Waals surface area contributed by atoms with Crippen molar-refractivity contribution in [3.8, 4) is 5.75 Å². The van der Waals surface area contributed by atoms with E-state index in [2.05, 4.69) is 5.32 Å². The maximum atomic E-state index is 13.2. The molecular formula is C14H17F2NO4. The van der Waals surface area contributed by atoms with Crippen LogP contribution in [0.25, 0.3) is 0 Å². The Balaban J connectivity index is 2.24. The maximum Gasteiger partial charge on any atom is 0.305 e. The third-order valence-electron chi connectivity index (χ3n) is 2.59. The van der Waals surface area contributed by atoms with Crippen LogP contribution in [0.2, 0.25) is 0 Å². The third kappa shape index (κ3) is 6.69. The van der Waals surface area contributed by atoms with E-state index in [-0.39, 0.29) is 31.1 Å². The van der Waals surface area contributed by atoms with E-state index in [1.807, 2.05) is 0 Å². The van der Waals surface area contributed by atoms with Crippen molar-refractivity contribution in [2.24, 2.45) is 0 Å². The second-order valence-corrected chi connectivity index (χ2v) is 4.59. The zero-order chi connectivity index (χ0) is 15.8. The van der Waals surface area contributed by atoms with Crippen molar-refractivity contribution in [2.75, 3.05) is 6.61 Å². The van der Waals surface area contributed by atoms with Gasteiger partial charge in [0, 0.05) is 18.5 Å². The molecule has 0 aliphatic rings.